The minimum atomic E-state index is 0.491. The van der Waals surface area contributed by atoms with E-state index in [4.69, 9.17) is 10.5 Å². The molecule has 4 nitrogen and oxygen atoms in total. The Balaban J connectivity index is 2.54. The average Bonchev–Trinajstić information content (AvgIpc) is 2.65. The van der Waals surface area contributed by atoms with Gasteiger partial charge in [0.25, 0.3) is 0 Å². The van der Waals surface area contributed by atoms with Gasteiger partial charge in [-0.25, -0.2) is 4.98 Å². The molecule has 0 aliphatic rings. The highest BCUT2D eigenvalue weighted by molar-refractivity contribution is 9.10. The molecular formula is C13H16BrN3O. The zero-order valence-corrected chi connectivity index (χ0v) is 12.3. The molecule has 0 aliphatic carbocycles. The largest absolute Gasteiger partial charge is 0.496 e. The van der Waals surface area contributed by atoms with Crippen molar-refractivity contribution in [3.8, 4) is 17.0 Å². The standard InChI is InChI=1S/C13H16BrN3O/c1-4-8-7-9(5-6-10(8)18-3)11-12(14)17(2)13(15)16-11/h5-7H,4H2,1-3H3,(H2,15,16). The summed E-state index contributed by atoms with van der Waals surface area (Å²) in [6.07, 6.45) is 0.914. The van der Waals surface area contributed by atoms with Gasteiger partial charge < -0.3 is 15.0 Å². The van der Waals surface area contributed by atoms with Crippen LogP contribution in [0.4, 0.5) is 5.95 Å². The Labute approximate surface area is 115 Å². The van der Waals surface area contributed by atoms with Crippen LogP contribution < -0.4 is 10.5 Å². The molecule has 0 aliphatic heterocycles. The van der Waals surface area contributed by atoms with Crippen molar-refractivity contribution in [1.29, 1.82) is 0 Å². The van der Waals surface area contributed by atoms with Crippen LogP contribution in [0.5, 0.6) is 5.75 Å². The molecule has 96 valence electrons. The third-order valence-corrected chi connectivity index (χ3v) is 3.90. The van der Waals surface area contributed by atoms with Gasteiger partial charge in [0.15, 0.2) is 0 Å². The number of benzene rings is 1. The molecule has 2 aromatic rings. The highest BCUT2D eigenvalue weighted by Crippen LogP contribution is 2.32. The second-order valence-electron chi connectivity index (χ2n) is 4.05. The summed E-state index contributed by atoms with van der Waals surface area (Å²) in [6, 6.07) is 6.04. The molecule has 0 amide bonds. The summed E-state index contributed by atoms with van der Waals surface area (Å²) >= 11 is 3.51. The maximum Gasteiger partial charge on any atom is 0.201 e. The van der Waals surface area contributed by atoms with E-state index in [1.165, 1.54) is 0 Å². The number of anilines is 1. The monoisotopic (exact) mass is 309 g/mol. The van der Waals surface area contributed by atoms with Crippen LogP contribution in [-0.4, -0.2) is 16.7 Å². The molecule has 1 aromatic heterocycles. The minimum absolute atomic E-state index is 0.491. The molecule has 2 N–H and O–H groups in total. The Bertz CT molecular complexity index is 578. The molecular weight excluding hydrogens is 294 g/mol. The van der Waals surface area contributed by atoms with Crippen LogP contribution in [0.1, 0.15) is 12.5 Å². The van der Waals surface area contributed by atoms with Crippen molar-refractivity contribution in [2.24, 2.45) is 7.05 Å². The van der Waals surface area contributed by atoms with Gasteiger partial charge >= 0.3 is 0 Å². The second-order valence-corrected chi connectivity index (χ2v) is 4.80. The van der Waals surface area contributed by atoms with Crippen molar-refractivity contribution in [2.75, 3.05) is 12.8 Å². The number of nitrogens with zero attached hydrogens (tertiary/aromatic N) is 2. The van der Waals surface area contributed by atoms with Crippen molar-refractivity contribution < 1.29 is 4.74 Å². The zero-order valence-electron chi connectivity index (χ0n) is 10.7. The second kappa shape index (κ2) is 5.02. The topological polar surface area (TPSA) is 53.1 Å². The predicted octanol–water partition coefficient (Wildman–Crippen LogP) is 3.00. The summed E-state index contributed by atoms with van der Waals surface area (Å²) in [5, 5.41) is 0. The van der Waals surface area contributed by atoms with Gasteiger partial charge in [0, 0.05) is 12.6 Å². The number of hydrogen-bond acceptors (Lipinski definition) is 3. The molecule has 0 saturated carbocycles. The highest BCUT2D eigenvalue weighted by atomic mass is 79.9. The Morgan fingerprint density at radius 2 is 2.17 bits per heavy atom. The van der Waals surface area contributed by atoms with E-state index in [1.807, 2.05) is 23.7 Å². The number of nitrogen functional groups attached to an aromatic ring is 1. The number of nitrogens with two attached hydrogens (primary N) is 1. The van der Waals surface area contributed by atoms with Crippen LogP contribution >= 0.6 is 15.9 Å². The smallest absolute Gasteiger partial charge is 0.201 e. The molecule has 5 heteroatoms. The lowest BCUT2D eigenvalue weighted by Crippen LogP contribution is -1.96. The number of methoxy groups -OCH3 is 1. The van der Waals surface area contributed by atoms with E-state index in [0.29, 0.717) is 5.95 Å². The maximum atomic E-state index is 5.80. The first kappa shape index (κ1) is 13.0. The Morgan fingerprint density at radius 3 is 2.67 bits per heavy atom. The fourth-order valence-electron chi connectivity index (χ4n) is 1.88. The summed E-state index contributed by atoms with van der Waals surface area (Å²) in [4.78, 5) is 4.36. The van der Waals surface area contributed by atoms with Crippen LogP contribution in [0, 0.1) is 0 Å². The quantitative estimate of drug-likeness (QED) is 0.948. The van der Waals surface area contributed by atoms with E-state index >= 15 is 0 Å². The maximum absolute atomic E-state index is 5.80. The van der Waals surface area contributed by atoms with E-state index in [9.17, 15) is 0 Å². The van der Waals surface area contributed by atoms with Gasteiger partial charge in [-0.1, -0.05) is 6.92 Å². The molecule has 0 saturated heterocycles. The van der Waals surface area contributed by atoms with E-state index in [1.54, 1.807) is 7.11 Å². The van der Waals surface area contributed by atoms with Crippen LogP contribution in [-0.2, 0) is 13.5 Å². The molecule has 0 unspecified atom stereocenters. The van der Waals surface area contributed by atoms with E-state index in [0.717, 1.165) is 33.6 Å². The van der Waals surface area contributed by atoms with E-state index in [2.05, 4.69) is 33.9 Å². The van der Waals surface area contributed by atoms with Gasteiger partial charge in [-0.3, -0.25) is 0 Å². The molecule has 0 spiro atoms. The third kappa shape index (κ3) is 2.10. The Morgan fingerprint density at radius 1 is 1.44 bits per heavy atom. The SMILES string of the molecule is CCc1cc(-c2nc(N)n(C)c2Br)ccc1OC. The van der Waals surface area contributed by atoms with Gasteiger partial charge in [0.05, 0.1) is 7.11 Å². The normalized spacial score (nSPS) is 10.7. The molecule has 0 fully saturated rings. The summed E-state index contributed by atoms with van der Waals surface area (Å²) in [6.45, 7) is 2.10. The van der Waals surface area contributed by atoms with Gasteiger partial charge in [-0.05, 0) is 46.1 Å². The van der Waals surface area contributed by atoms with Crippen LogP contribution in [0.25, 0.3) is 11.3 Å². The van der Waals surface area contributed by atoms with Gasteiger partial charge in [0.2, 0.25) is 5.95 Å². The van der Waals surface area contributed by atoms with E-state index in [-0.39, 0.29) is 0 Å². The lowest BCUT2D eigenvalue weighted by Gasteiger charge is -2.08. The number of hydrogen-bond donors (Lipinski definition) is 1. The molecule has 18 heavy (non-hydrogen) atoms. The van der Waals surface area contributed by atoms with Crippen molar-refractivity contribution in [3.63, 3.8) is 0 Å². The van der Waals surface area contributed by atoms with Crippen molar-refractivity contribution in [3.05, 3.63) is 28.4 Å². The van der Waals surface area contributed by atoms with Crippen molar-refractivity contribution in [1.82, 2.24) is 9.55 Å². The number of imidazole rings is 1. The van der Waals surface area contributed by atoms with Gasteiger partial charge in [-0.15, -0.1) is 0 Å². The molecule has 2 rings (SSSR count). The molecule has 0 radical (unpaired) electrons. The molecule has 1 heterocycles. The lowest BCUT2D eigenvalue weighted by molar-refractivity contribution is 0.410. The average molecular weight is 310 g/mol. The first-order valence-electron chi connectivity index (χ1n) is 5.73. The van der Waals surface area contributed by atoms with E-state index < -0.39 is 0 Å². The molecule has 0 bridgehead atoms. The first-order chi connectivity index (χ1) is 8.58. The van der Waals surface area contributed by atoms with Gasteiger partial charge in [0.1, 0.15) is 16.0 Å². The number of ether oxygens (including phenoxy) is 1. The summed E-state index contributed by atoms with van der Waals surface area (Å²) in [5.74, 6) is 1.40. The molecule has 0 atom stereocenters. The Hall–Kier alpha value is -1.49. The fourth-order valence-corrected chi connectivity index (χ4v) is 2.38. The number of rotatable bonds is 3. The molecule has 1 aromatic carbocycles. The lowest BCUT2D eigenvalue weighted by atomic mass is 10.1. The van der Waals surface area contributed by atoms with Crippen LogP contribution in [0.3, 0.4) is 0 Å². The van der Waals surface area contributed by atoms with Crippen LogP contribution in [0.15, 0.2) is 22.8 Å². The van der Waals surface area contributed by atoms with Crippen molar-refractivity contribution >= 4 is 21.9 Å². The first-order valence-corrected chi connectivity index (χ1v) is 6.52. The van der Waals surface area contributed by atoms with Crippen LogP contribution in [0.2, 0.25) is 0 Å². The third-order valence-electron chi connectivity index (χ3n) is 2.99. The predicted molar refractivity (Wildman–Crippen MR) is 76.7 cm³/mol. The minimum Gasteiger partial charge on any atom is -0.496 e. The number of aryl methyl sites for hydroxylation is 1. The number of halogens is 1. The highest BCUT2D eigenvalue weighted by Gasteiger charge is 2.13. The summed E-state index contributed by atoms with van der Waals surface area (Å²) in [7, 11) is 3.56. The summed E-state index contributed by atoms with van der Waals surface area (Å²) < 4.78 is 8.02. The van der Waals surface area contributed by atoms with Crippen molar-refractivity contribution in [2.45, 2.75) is 13.3 Å². The zero-order chi connectivity index (χ0) is 13.3. The van der Waals surface area contributed by atoms with Gasteiger partial charge in [-0.2, -0.15) is 0 Å². The fraction of sp³-hybridized carbons (Fsp3) is 0.308. The summed E-state index contributed by atoms with van der Waals surface area (Å²) in [5.41, 5.74) is 8.85. The Kier molecular flexibility index (Phi) is 3.61. The number of aromatic nitrogens is 2.